The van der Waals surface area contributed by atoms with Crippen LogP contribution in [0.5, 0.6) is 0 Å². The van der Waals surface area contributed by atoms with Crippen molar-refractivity contribution in [3.05, 3.63) is 29.3 Å². The van der Waals surface area contributed by atoms with Crippen LogP contribution in [0.2, 0.25) is 0 Å². The van der Waals surface area contributed by atoms with Gasteiger partial charge in [-0.2, -0.15) is 0 Å². The zero-order chi connectivity index (χ0) is 14.6. The van der Waals surface area contributed by atoms with E-state index in [1.807, 2.05) is 0 Å². The van der Waals surface area contributed by atoms with Crippen LogP contribution in [0, 0.1) is 27.9 Å². The molecule has 108 valence electrons. The van der Waals surface area contributed by atoms with Crippen molar-refractivity contribution in [3.8, 4) is 0 Å². The summed E-state index contributed by atoms with van der Waals surface area (Å²) in [5.74, 6) is 0. The Morgan fingerprint density at radius 2 is 1.63 bits per heavy atom. The normalized spacial score (nSPS) is 20.5. The number of hydrogen-bond acceptors (Lipinski definition) is 1. The molecule has 1 aliphatic rings. The maximum atomic E-state index is 13.0. The van der Waals surface area contributed by atoms with Crippen molar-refractivity contribution in [2.24, 2.45) is 0 Å². The average molecular weight is 502 g/mol. The van der Waals surface area contributed by atoms with E-state index in [-0.39, 0.29) is 8.83 Å². The van der Waals surface area contributed by atoms with Crippen LogP contribution in [-0.4, -0.2) is 12.4 Å². The van der Waals surface area contributed by atoms with Crippen LogP contribution in [-0.2, 0) is 8.41 Å². The maximum absolute atomic E-state index is 13.0. The molecule has 0 aromatic heterocycles. The van der Waals surface area contributed by atoms with E-state index in [0.717, 1.165) is 6.07 Å². The Bertz CT molecular complexity index is 498. The van der Waals surface area contributed by atoms with Gasteiger partial charge in [-0.3, -0.25) is 0 Å². The minimum absolute atomic E-state index is 0.132. The number of rotatable bonds is 0. The van der Waals surface area contributed by atoms with Crippen molar-refractivity contribution in [1.82, 2.24) is 0 Å². The first-order valence-corrected chi connectivity index (χ1v) is 11.1. The molecule has 0 unspecified atom stereocenters. The second-order valence-corrected chi connectivity index (χ2v) is 10.0. The first-order chi connectivity index (χ1) is 8.50. The van der Waals surface area contributed by atoms with Crippen molar-refractivity contribution in [1.29, 1.82) is 0 Å². The fourth-order valence-corrected chi connectivity index (χ4v) is 7.74. The third-order valence-corrected chi connectivity index (χ3v) is 8.46. The number of aryl methyl sites for hydroxylation is 1. The van der Waals surface area contributed by atoms with Crippen LogP contribution in [0.15, 0.2) is 18.2 Å². The molecule has 19 heavy (non-hydrogen) atoms. The summed E-state index contributed by atoms with van der Waals surface area (Å²) in [5, 5.41) is 0. The number of fused-ring (bicyclic) bond motifs is 1. The molecule has 0 saturated heterocycles. The molecule has 9 heteroatoms. The number of halogens is 7. The molecule has 1 heterocycles. The van der Waals surface area contributed by atoms with E-state index in [4.69, 9.17) is 8.51 Å². The van der Waals surface area contributed by atoms with Crippen LogP contribution in [0.25, 0.3) is 0 Å². The average Bonchev–Trinajstić information content (AvgIpc) is 2.51. The summed E-state index contributed by atoms with van der Waals surface area (Å²) in [4.78, 5) is 0. The predicted molar refractivity (Wildman–Crippen MR) is 51.5 cm³/mol. The molecule has 0 bridgehead atoms. The summed E-state index contributed by atoms with van der Waals surface area (Å²) in [6.07, 6.45) is -11.2. The summed E-state index contributed by atoms with van der Waals surface area (Å²) in [7, 11) is 5.65. The standard InChI is InChI=1S/C10H6AtClF6O/c1-5-2-3-7-6(4-5)8(9(13,14)15,10(16,17)18)19-11(7)12/h2-4H,1H3. The number of benzene rings is 1. The molecule has 1 nitrogen and oxygen atoms in total. The Hall–Kier alpha value is -0.0669. The van der Waals surface area contributed by atoms with Crippen LogP contribution in [0.1, 0.15) is 11.1 Å². The molecule has 0 atom stereocenters. The van der Waals surface area contributed by atoms with E-state index in [2.05, 4.69) is 2.81 Å². The van der Waals surface area contributed by atoms with Gasteiger partial charge in [-0.15, -0.1) is 0 Å². The molecule has 1 aliphatic heterocycles. The number of hydrogen-bond donors (Lipinski definition) is 0. The summed E-state index contributed by atoms with van der Waals surface area (Å²) in [5.41, 5.74) is -4.91. The van der Waals surface area contributed by atoms with Gasteiger partial charge in [0.1, 0.15) is 0 Å². The van der Waals surface area contributed by atoms with Gasteiger partial charge < -0.3 is 0 Å². The molecule has 0 N–H and O–H groups in total. The fourth-order valence-electron chi connectivity index (χ4n) is 1.78. The quantitative estimate of drug-likeness (QED) is 0.493. The molecule has 0 aliphatic carbocycles. The van der Waals surface area contributed by atoms with Gasteiger partial charge in [0.15, 0.2) is 0 Å². The van der Waals surface area contributed by atoms with E-state index < -0.39 is 44.5 Å². The summed E-state index contributed by atoms with van der Waals surface area (Å²) >= 11 is -3.75. The summed E-state index contributed by atoms with van der Waals surface area (Å²) in [6.45, 7) is 1.41. The van der Waals surface area contributed by atoms with Crippen LogP contribution in [0.4, 0.5) is 26.3 Å². The Labute approximate surface area is 116 Å². The van der Waals surface area contributed by atoms with Gasteiger partial charge in [-0.25, -0.2) is 0 Å². The van der Waals surface area contributed by atoms with Gasteiger partial charge in [-0.05, 0) is 0 Å². The molecule has 2 rings (SSSR count). The van der Waals surface area contributed by atoms with Gasteiger partial charge in [0.25, 0.3) is 0 Å². The fraction of sp³-hybridized carbons (Fsp3) is 0.400. The van der Waals surface area contributed by atoms with Crippen molar-refractivity contribution >= 4 is 11.8 Å². The van der Waals surface area contributed by atoms with Crippen LogP contribution >= 0.6 is 8.51 Å². The van der Waals surface area contributed by atoms with E-state index in [1.165, 1.54) is 19.1 Å². The molecular formula is C10H6AtClF6O. The molecule has 0 spiro atoms. The second kappa shape index (κ2) is 4.47. The second-order valence-electron chi connectivity index (χ2n) is 3.94. The molecule has 0 fully saturated rings. The summed E-state index contributed by atoms with van der Waals surface area (Å²) in [6, 6.07) is 3.47. The summed E-state index contributed by atoms with van der Waals surface area (Å²) < 4.78 is 82.3. The zero-order valence-corrected chi connectivity index (χ0v) is 12.9. The topological polar surface area (TPSA) is 9.23 Å². The molecular weight excluding hydrogens is 496 g/mol. The van der Waals surface area contributed by atoms with E-state index in [9.17, 15) is 26.3 Å². The first kappa shape index (κ1) is 15.3. The van der Waals surface area contributed by atoms with E-state index in [1.54, 1.807) is 0 Å². The molecule has 0 saturated carbocycles. The SMILES string of the molecule is Cc1ccc2c(c1)C(C(F)(F)F)(C(F)(F)F)O[At]2Cl. The van der Waals surface area contributed by atoms with Gasteiger partial charge in [0, 0.05) is 0 Å². The van der Waals surface area contributed by atoms with Crippen molar-refractivity contribution < 1.29 is 50.2 Å². The third kappa shape index (κ3) is 2.16. The molecule has 0 radical (unpaired) electrons. The van der Waals surface area contributed by atoms with Gasteiger partial charge in [-0.1, -0.05) is 0 Å². The Balaban J connectivity index is 2.78. The Kier molecular flexibility index (Phi) is 3.60. The third-order valence-electron chi connectivity index (χ3n) is 2.64. The predicted octanol–water partition coefficient (Wildman–Crippen LogP) is 3.66. The Morgan fingerprint density at radius 1 is 1.11 bits per heavy atom. The first-order valence-electron chi connectivity index (χ1n) is 4.81. The molecule has 1 aromatic carbocycles. The van der Waals surface area contributed by atoms with Gasteiger partial charge in [0.2, 0.25) is 0 Å². The van der Waals surface area contributed by atoms with E-state index in [0.29, 0.717) is 0 Å². The van der Waals surface area contributed by atoms with Crippen LogP contribution < -0.4 is 3.27 Å². The van der Waals surface area contributed by atoms with Crippen molar-refractivity contribution in [3.63, 3.8) is 0 Å². The Morgan fingerprint density at radius 3 is 2.11 bits per heavy atom. The number of alkyl halides is 6. The zero-order valence-electron chi connectivity index (χ0n) is 9.16. The van der Waals surface area contributed by atoms with E-state index >= 15 is 0 Å². The van der Waals surface area contributed by atoms with Gasteiger partial charge in [0.05, 0.1) is 0 Å². The monoisotopic (exact) mass is 501 g/mol. The molecule has 0 amide bonds. The minimum atomic E-state index is -5.61. The van der Waals surface area contributed by atoms with Crippen molar-refractivity contribution in [2.45, 2.75) is 24.9 Å². The van der Waals surface area contributed by atoms with Gasteiger partial charge >= 0.3 is 116 Å². The van der Waals surface area contributed by atoms with Crippen molar-refractivity contribution in [2.75, 3.05) is 0 Å². The molecule has 1 aromatic rings. The van der Waals surface area contributed by atoms with Crippen LogP contribution in [0.3, 0.4) is 0 Å².